The van der Waals surface area contributed by atoms with Crippen molar-refractivity contribution in [1.82, 2.24) is 19.7 Å². The Bertz CT molecular complexity index is 844. The number of nitrogens with zero attached hydrogens (tertiary/aromatic N) is 4. The van der Waals surface area contributed by atoms with Crippen LogP contribution >= 0.6 is 15.9 Å². The highest BCUT2D eigenvalue weighted by Gasteiger charge is 2.40. The van der Waals surface area contributed by atoms with Gasteiger partial charge in [-0.05, 0) is 23.8 Å². The van der Waals surface area contributed by atoms with Crippen LogP contribution in [0.5, 0.6) is 0 Å². The van der Waals surface area contributed by atoms with Gasteiger partial charge in [0, 0.05) is 23.9 Å². The molecule has 24 heavy (non-hydrogen) atoms. The van der Waals surface area contributed by atoms with Crippen molar-refractivity contribution in [3.05, 3.63) is 52.9 Å². The Balaban J connectivity index is 2.30. The van der Waals surface area contributed by atoms with Gasteiger partial charge in [0.05, 0.1) is 5.56 Å². The minimum atomic E-state index is -4.62. The summed E-state index contributed by atoms with van der Waals surface area (Å²) in [4.78, 5) is 7.95. The molecule has 0 atom stereocenters. The van der Waals surface area contributed by atoms with Gasteiger partial charge < -0.3 is 5.32 Å². The molecule has 0 fully saturated rings. The summed E-state index contributed by atoms with van der Waals surface area (Å²) in [7, 11) is 1.53. The highest BCUT2D eigenvalue weighted by molar-refractivity contribution is 9.10. The van der Waals surface area contributed by atoms with Gasteiger partial charge in [-0.1, -0.05) is 28.1 Å². The Morgan fingerprint density at radius 3 is 2.25 bits per heavy atom. The Morgan fingerprint density at radius 2 is 1.71 bits per heavy atom. The summed E-state index contributed by atoms with van der Waals surface area (Å²) in [5.41, 5.74) is -0.663. The molecule has 5 nitrogen and oxygen atoms in total. The fourth-order valence-corrected chi connectivity index (χ4v) is 2.55. The van der Waals surface area contributed by atoms with E-state index in [1.54, 1.807) is 30.3 Å². The Labute approximate surface area is 143 Å². The van der Waals surface area contributed by atoms with Crippen LogP contribution in [0, 0.1) is 0 Å². The van der Waals surface area contributed by atoms with Gasteiger partial charge in [0.25, 0.3) is 5.95 Å². The molecule has 0 aliphatic carbocycles. The van der Waals surface area contributed by atoms with Crippen molar-refractivity contribution in [3.63, 3.8) is 0 Å². The van der Waals surface area contributed by atoms with E-state index in [1.807, 2.05) is 0 Å². The number of alkyl halides is 3. The molecule has 3 rings (SSSR count). The second kappa shape index (κ2) is 6.23. The molecule has 0 aliphatic rings. The van der Waals surface area contributed by atoms with E-state index in [0.717, 1.165) is 9.15 Å². The van der Waals surface area contributed by atoms with Gasteiger partial charge in [-0.3, -0.25) is 0 Å². The third-order valence-corrected chi connectivity index (χ3v) is 3.79. The van der Waals surface area contributed by atoms with Crippen molar-refractivity contribution in [2.45, 2.75) is 6.18 Å². The summed E-state index contributed by atoms with van der Waals surface area (Å²) in [6.07, 6.45) is -1.74. The van der Waals surface area contributed by atoms with E-state index in [0.29, 0.717) is 5.56 Å². The van der Waals surface area contributed by atoms with Crippen molar-refractivity contribution in [1.29, 1.82) is 0 Å². The average molecular weight is 398 g/mol. The predicted molar refractivity (Wildman–Crippen MR) is 86.8 cm³/mol. The van der Waals surface area contributed by atoms with E-state index in [4.69, 9.17) is 0 Å². The summed E-state index contributed by atoms with van der Waals surface area (Å²) in [6, 6.07) is 8.10. The first-order chi connectivity index (χ1) is 11.4. The van der Waals surface area contributed by atoms with Crippen LogP contribution in [0.1, 0.15) is 5.69 Å². The van der Waals surface area contributed by atoms with Gasteiger partial charge in [-0.15, -0.1) is 0 Å². The number of nitrogens with one attached hydrogen (secondary N) is 1. The summed E-state index contributed by atoms with van der Waals surface area (Å²) in [6.45, 7) is 0. The lowest BCUT2D eigenvalue weighted by Gasteiger charge is -2.09. The molecule has 2 heterocycles. The van der Waals surface area contributed by atoms with E-state index < -0.39 is 11.9 Å². The van der Waals surface area contributed by atoms with Gasteiger partial charge >= 0.3 is 6.18 Å². The van der Waals surface area contributed by atoms with Gasteiger partial charge in [0.1, 0.15) is 5.82 Å². The van der Waals surface area contributed by atoms with Crippen molar-refractivity contribution in [2.75, 3.05) is 12.4 Å². The second-order valence-electron chi connectivity index (χ2n) is 4.79. The molecule has 9 heteroatoms. The maximum atomic E-state index is 13.5. The van der Waals surface area contributed by atoms with Gasteiger partial charge in [0.15, 0.2) is 5.69 Å². The van der Waals surface area contributed by atoms with E-state index in [1.165, 1.54) is 19.4 Å². The minimum absolute atomic E-state index is 0.0510. The monoisotopic (exact) mass is 397 g/mol. The first-order valence-corrected chi connectivity index (χ1v) is 7.62. The van der Waals surface area contributed by atoms with Crippen molar-refractivity contribution >= 4 is 21.7 Å². The lowest BCUT2D eigenvalue weighted by atomic mass is 10.1. The van der Waals surface area contributed by atoms with Crippen molar-refractivity contribution in [3.8, 4) is 17.1 Å². The Morgan fingerprint density at radius 1 is 1.08 bits per heavy atom. The fourth-order valence-electron chi connectivity index (χ4n) is 2.28. The average Bonchev–Trinajstić information content (AvgIpc) is 2.96. The van der Waals surface area contributed by atoms with Crippen molar-refractivity contribution < 1.29 is 13.2 Å². The van der Waals surface area contributed by atoms with Crippen LogP contribution in [0.3, 0.4) is 0 Å². The molecule has 0 saturated carbocycles. The summed E-state index contributed by atoms with van der Waals surface area (Å²) < 4.78 is 42.3. The van der Waals surface area contributed by atoms with Crippen LogP contribution in [-0.4, -0.2) is 26.8 Å². The van der Waals surface area contributed by atoms with Crippen LogP contribution < -0.4 is 5.32 Å². The zero-order valence-electron chi connectivity index (χ0n) is 12.3. The van der Waals surface area contributed by atoms with Gasteiger partial charge in [0.2, 0.25) is 0 Å². The van der Waals surface area contributed by atoms with E-state index in [-0.39, 0.29) is 17.3 Å². The van der Waals surface area contributed by atoms with Gasteiger partial charge in [-0.2, -0.15) is 23.0 Å². The summed E-state index contributed by atoms with van der Waals surface area (Å²) in [5, 5.41) is 6.49. The molecule has 0 amide bonds. The third-order valence-electron chi connectivity index (χ3n) is 3.27. The largest absolute Gasteiger partial charge is 0.435 e. The molecule has 3 aromatic rings. The topological polar surface area (TPSA) is 55.6 Å². The SMILES string of the molecule is CNc1c(-c2ccc(Br)cc2)c(C(F)(F)F)nn1-c1ncccn1. The minimum Gasteiger partial charge on any atom is -0.372 e. The van der Waals surface area contributed by atoms with E-state index in [9.17, 15) is 13.2 Å². The highest BCUT2D eigenvalue weighted by Crippen LogP contribution is 2.41. The smallest absolute Gasteiger partial charge is 0.372 e. The van der Waals surface area contributed by atoms with Crippen LogP contribution in [0.2, 0.25) is 0 Å². The Kier molecular flexibility index (Phi) is 4.27. The lowest BCUT2D eigenvalue weighted by molar-refractivity contribution is -0.140. The standard InChI is InChI=1S/C15H11BrF3N5/c1-20-13-11(9-3-5-10(16)6-4-9)12(15(17,18)19)23-24(13)14-21-7-2-8-22-14/h2-8,20H,1H3. The van der Waals surface area contributed by atoms with E-state index >= 15 is 0 Å². The van der Waals surface area contributed by atoms with Crippen LogP contribution in [0.15, 0.2) is 47.2 Å². The van der Waals surface area contributed by atoms with Crippen LogP contribution in [0.4, 0.5) is 19.0 Å². The summed E-state index contributed by atoms with van der Waals surface area (Å²) in [5.74, 6) is 0.214. The number of halogens is 4. The lowest BCUT2D eigenvalue weighted by Crippen LogP contribution is -2.09. The molecule has 0 bridgehead atoms. The molecule has 1 N–H and O–H groups in total. The Hall–Kier alpha value is -2.42. The maximum Gasteiger partial charge on any atom is 0.435 e. The molecular formula is C15H11BrF3N5. The third kappa shape index (κ3) is 2.99. The molecule has 0 unspecified atom stereocenters. The zero-order valence-corrected chi connectivity index (χ0v) is 13.9. The fraction of sp³-hybridized carbons (Fsp3) is 0.133. The molecule has 0 spiro atoms. The molecular weight excluding hydrogens is 387 g/mol. The molecule has 0 saturated heterocycles. The highest BCUT2D eigenvalue weighted by atomic mass is 79.9. The molecule has 0 aliphatic heterocycles. The van der Waals surface area contributed by atoms with Crippen molar-refractivity contribution in [2.24, 2.45) is 0 Å². The first kappa shape index (κ1) is 16.4. The number of hydrogen-bond donors (Lipinski definition) is 1. The summed E-state index contributed by atoms with van der Waals surface area (Å²) >= 11 is 3.27. The van der Waals surface area contributed by atoms with Gasteiger partial charge in [-0.25, -0.2) is 9.97 Å². The number of benzene rings is 1. The zero-order chi connectivity index (χ0) is 17.3. The number of hydrogen-bond acceptors (Lipinski definition) is 4. The number of rotatable bonds is 3. The predicted octanol–water partition coefficient (Wildman–Crippen LogP) is 4.15. The molecule has 2 aromatic heterocycles. The quantitative estimate of drug-likeness (QED) is 0.720. The van der Waals surface area contributed by atoms with E-state index in [2.05, 4.69) is 36.3 Å². The number of anilines is 1. The first-order valence-electron chi connectivity index (χ1n) is 6.83. The van der Waals surface area contributed by atoms with Crippen LogP contribution in [-0.2, 0) is 6.18 Å². The molecule has 1 aromatic carbocycles. The normalized spacial score (nSPS) is 11.5. The maximum absolute atomic E-state index is 13.5. The molecule has 0 radical (unpaired) electrons. The van der Waals surface area contributed by atoms with Crippen LogP contribution in [0.25, 0.3) is 17.1 Å². The number of aromatic nitrogens is 4. The second-order valence-corrected chi connectivity index (χ2v) is 5.70. The molecule has 124 valence electrons.